The molecule has 14 heavy (non-hydrogen) atoms. The van der Waals surface area contributed by atoms with E-state index in [2.05, 4.69) is 12.1 Å². The van der Waals surface area contributed by atoms with Crippen molar-refractivity contribution in [2.75, 3.05) is 18.6 Å². The molecule has 1 aromatic carbocycles. The Bertz CT molecular complexity index is 299. The fourth-order valence-corrected chi connectivity index (χ4v) is 3.10. The molecule has 3 heteroatoms. The van der Waals surface area contributed by atoms with Gasteiger partial charge in [0.15, 0.2) is 0 Å². The van der Waals surface area contributed by atoms with Gasteiger partial charge in [-0.25, -0.2) is 0 Å². The van der Waals surface area contributed by atoms with Crippen LogP contribution in [0.1, 0.15) is 11.5 Å². The highest BCUT2D eigenvalue weighted by Crippen LogP contribution is 2.32. The van der Waals surface area contributed by atoms with Crippen LogP contribution in [0.5, 0.6) is 5.75 Å². The number of ether oxygens (including phenoxy) is 1. The second-order valence-corrected chi connectivity index (χ2v) is 4.66. The Balaban J connectivity index is 2.16. The molecule has 2 unspecified atom stereocenters. The number of hydrogen-bond acceptors (Lipinski definition) is 3. The second kappa shape index (κ2) is 4.24. The van der Waals surface area contributed by atoms with Gasteiger partial charge < -0.3 is 10.5 Å². The van der Waals surface area contributed by atoms with E-state index >= 15 is 0 Å². The topological polar surface area (TPSA) is 35.2 Å². The molecule has 1 aromatic rings. The van der Waals surface area contributed by atoms with Gasteiger partial charge in [-0.05, 0) is 17.7 Å². The monoisotopic (exact) mass is 209 g/mol. The Morgan fingerprint density at radius 3 is 2.50 bits per heavy atom. The fourth-order valence-electron chi connectivity index (χ4n) is 1.77. The van der Waals surface area contributed by atoms with E-state index in [1.807, 2.05) is 23.9 Å². The molecular weight excluding hydrogens is 194 g/mol. The van der Waals surface area contributed by atoms with Gasteiger partial charge in [-0.1, -0.05) is 12.1 Å². The lowest BCUT2D eigenvalue weighted by Crippen LogP contribution is -2.26. The summed E-state index contributed by atoms with van der Waals surface area (Å²) in [6.07, 6.45) is 0. The molecule has 2 nitrogen and oxygen atoms in total. The van der Waals surface area contributed by atoms with Gasteiger partial charge in [-0.2, -0.15) is 11.8 Å². The molecule has 0 saturated carbocycles. The standard InChI is InChI=1S/C11H15NOS/c1-13-9-4-2-8(3-5-9)10-6-14-7-11(10)12/h2-5,10-11H,6-7,12H2,1H3. The van der Waals surface area contributed by atoms with Crippen LogP contribution in [0.3, 0.4) is 0 Å². The molecular formula is C11H15NOS. The van der Waals surface area contributed by atoms with Gasteiger partial charge >= 0.3 is 0 Å². The van der Waals surface area contributed by atoms with Crippen LogP contribution in [0, 0.1) is 0 Å². The maximum atomic E-state index is 6.03. The summed E-state index contributed by atoms with van der Waals surface area (Å²) in [6.45, 7) is 0. The number of hydrogen-bond donors (Lipinski definition) is 1. The van der Waals surface area contributed by atoms with Crippen LogP contribution in [0.15, 0.2) is 24.3 Å². The molecule has 0 spiro atoms. The quantitative estimate of drug-likeness (QED) is 0.807. The van der Waals surface area contributed by atoms with E-state index < -0.39 is 0 Å². The maximum Gasteiger partial charge on any atom is 0.118 e. The maximum absolute atomic E-state index is 6.03. The zero-order chi connectivity index (χ0) is 9.97. The van der Waals surface area contributed by atoms with Crippen LogP contribution < -0.4 is 10.5 Å². The van der Waals surface area contributed by atoms with Crippen molar-refractivity contribution in [3.05, 3.63) is 29.8 Å². The van der Waals surface area contributed by atoms with Gasteiger partial charge in [-0.15, -0.1) is 0 Å². The summed E-state index contributed by atoms with van der Waals surface area (Å²) in [4.78, 5) is 0. The van der Waals surface area contributed by atoms with Crippen LogP contribution in [0.2, 0.25) is 0 Å². The summed E-state index contributed by atoms with van der Waals surface area (Å²) in [5, 5.41) is 0. The molecule has 1 aliphatic rings. The van der Waals surface area contributed by atoms with E-state index in [0.29, 0.717) is 12.0 Å². The summed E-state index contributed by atoms with van der Waals surface area (Å²) in [6, 6.07) is 8.56. The Morgan fingerprint density at radius 2 is 2.00 bits per heavy atom. The molecule has 0 aliphatic carbocycles. The molecule has 0 radical (unpaired) electrons. The summed E-state index contributed by atoms with van der Waals surface area (Å²) in [5.74, 6) is 3.66. The minimum absolute atomic E-state index is 0.313. The Hall–Kier alpha value is -0.670. The van der Waals surface area contributed by atoms with Crippen molar-refractivity contribution < 1.29 is 4.74 Å². The summed E-state index contributed by atoms with van der Waals surface area (Å²) >= 11 is 1.94. The molecule has 1 aliphatic heterocycles. The van der Waals surface area contributed by atoms with Crippen molar-refractivity contribution >= 4 is 11.8 Å². The summed E-state index contributed by atoms with van der Waals surface area (Å²) < 4.78 is 5.12. The second-order valence-electron chi connectivity index (χ2n) is 3.58. The summed E-state index contributed by atoms with van der Waals surface area (Å²) in [7, 11) is 1.69. The molecule has 1 saturated heterocycles. The van der Waals surface area contributed by atoms with Crippen molar-refractivity contribution in [1.82, 2.24) is 0 Å². The third-order valence-corrected chi connectivity index (χ3v) is 3.88. The first-order chi connectivity index (χ1) is 6.81. The Morgan fingerprint density at radius 1 is 1.29 bits per heavy atom. The van der Waals surface area contributed by atoms with Crippen LogP contribution in [0.25, 0.3) is 0 Å². The predicted molar refractivity (Wildman–Crippen MR) is 61.0 cm³/mol. The minimum Gasteiger partial charge on any atom is -0.497 e. The fraction of sp³-hybridized carbons (Fsp3) is 0.455. The summed E-state index contributed by atoms with van der Waals surface area (Å²) in [5.41, 5.74) is 7.37. The number of thioether (sulfide) groups is 1. The van der Waals surface area contributed by atoms with Crippen LogP contribution in [-0.2, 0) is 0 Å². The first-order valence-corrected chi connectivity index (χ1v) is 5.94. The SMILES string of the molecule is COc1ccc(C2CSCC2N)cc1. The Kier molecular flexibility index (Phi) is 2.99. The van der Waals surface area contributed by atoms with E-state index in [1.165, 1.54) is 5.56 Å². The predicted octanol–water partition coefficient (Wildman–Crippen LogP) is 1.85. The highest BCUT2D eigenvalue weighted by atomic mass is 32.2. The Labute approximate surface area is 88.8 Å². The third kappa shape index (κ3) is 1.88. The van der Waals surface area contributed by atoms with Crippen molar-refractivity contribution in [2.24, 2.45) is 5.73 Å². The van der Waals surface area contributed by atoms with Gasteiger partial charge in [0.2, 0.25) is 0 Å². The average molecular weight is 209 g/mol. The van der Waals surface area contributed by atoms with Gasteiger partial charge in [-0.3, -0.25) is 0 Å². The molecule has 2 rings (SSSR count). The zero-order valence-corrected chi connectivity index (χ0v) is 9.09. The smallest absolute Gasteiger partial charge is 0.118 e. The zero-order valence-electron chi connectivity index (χ0n) is 8.27. The normalized spacial score (nSPS) is 26.4. The first-order valence-electron chi connectivity index (χ1n) is 4.78. The molecule has 0 aromatic heterocycles. The first kappa shape index (κ1) is 9.87. The number of methoxy groups -OCH3 is 1. The number of benzene rings is 1. The number of rotatable bonds is 2. The lowest BCUT2D eigenvalue weighted by molar-refractivity contribution is 0.414. The van der Waals surface area contributed by atoms with Crippen molar-refractivity contribution in [1.29, 1.82) is 0 Å². The van der Waals surface area contributed by atoms with Crippen molar-refractivity contribution in [2.45, 2.75) is 12.0 Å². The molecule has 2 N–H and O–H groups in total. The minimum atomic E-state index is 0.313. The lowest BCUT2D eigenvalue weighted by atomic mass is 9.95. The van der Waals surface area contributed by atoms with Crippen LogP contribution in [-0.4, -0.2) is 24.7 Å². The van der Waals surface area contributed by atoms with E-state index in [9.17, 15) is 0 Å². The van der Waals surface area contributed by atoms with Gasteiger partial charge in [0.1, 0.15) is 5.75 Å². The van der Waals surface area contributed by atoms with Gasteiger partial charge in [0, 0.05) is 23.5 Å². The van der Waals surface area contributed by atoms with E-state index in [-0.39, 0.29) is 0 Å². The van der Waals surface area contributed by atoms with E-state index in [0.717, 1.165) is 17.3 Å². The van der Waals surface area contributed by atoms with Crippen molar-refractivity contribution in [3.63, 3.8) is 0 Å². The largest absolute Gasteiger partial charge is 0.497 e. The highest BCUT2D eigenvalue weighted by molar-refractivity contribution is 7.99. The van der Waals surface area contributed by atoms with Crippen molar-refractivity contribution in [3.8, 4) is 5.75 Å². The molecule has 0 bridgehead atoms. The van der Waals surface area contributed by atoms with Gasteiger partial charge in [0.25, 0.3) is 0 Å². The van der Waals surface area contributed by atoms with Gasteiger partial charge in [0.05, 0.1) is 7.11 Å². The lowest BCUT2D eigenvalue weighted by Gasteiger charge is -2.14. The third-order valence-electron chi connectivity index (χ3n) is 2.67. The molecule has 2 atom stereocenters. The van der Waals surface area contributed by atoms with Crippen LogP contribution in [0.4, 0.5) is 0 Å². The van der Waals surface area contributed by atoms with E-state index in [4.69, 9.17) is 10.5 Å². The van der Waals surface area contributed by atoms with E-state index in [1.54, 1.807) is 7.11 Å². The average Bonchev–Trinajstić information content (AvgIpc) is 2.65. The highest BCUT2D eigenvalue weighted by Gasteiger charge is 2.25. The van der Waals surface area contributed by atoms with Crippen LogP contribution >= 0.6 is 11.8 Å². The molecule has 1 fully saturated rings. The molecule has 1 heterocycles. The number of nitrogens with two attached hydrogens (primary N) is 1. The molecule has 76 valence electrons. The molecule has 0 amide bonds.